The van der Waals surface area contributed by atoms with E-state index in [1.807, 2.05) is 18.2 Å². The number of rotatable bonds is 8. The molecule has 160 valence electrons. The molecule has 6 nitrogen and oxygen atoms in total. The molecule has 0 aromatic heterocycles. The number of nitrogens with one attached hydrogen (secondary N) is 2. The molecule has 0 radical (unpaired) electrons. The van der Waals surface area contributed by atoms with Crippen LogP contribution in [0.1, 0.15) is 18.4 Å². The number of carbonyl (C=O) groups is 2. The van der Waals surface area contributed by atoms with Crippen molar-refractivity contribution in [2.24, 2.45) is 0 Å². The highest BCUT2D eigenvalue weighted by Gasteiger charge is 2.22. The second-order valence-corrected chi connectivity index (χ2v) is 9.28. The minimum atomic E-state index is -1.56. The smallest absolute Gasteiger partial charge is 0.237 e. The van der Waals surface area contributed by atoms with E-state index in [1.165, 1.54) is 5.56 Å². The number of likely N-dealkylation sites (tertiary alicyclic amines) is 1. The van der Waals surface area contributed by atoms with Gasteiger partial charge in [-0.2, -0.15) is 0 Å². The summed E-state index contributed by atoms with van der Waals surface area (Å²) in [5.74, 6) is -1.05. The molecule has 3 rings (SSSR count). The molecule has 1 aliphatic heterocycles. The number of anilines is 1. The fourth-order valence-corrected chi connectivity index (χ4v) is 4.39. The predicted octanol–water partition coefficient (Wildman–Crippen LogP) is 2.81. The maximum Gasteiger partial charge on any atom is 0.237 e. The van der Waals surface area contributed by atoms with Gasteiger partial charge in [-0.05, 0) is 42.7 Å². The van der Waals surface area contributed by atoms with Crippen LogP contribution in [0.2, 0.25) is 5.02 Å². The van der Waals surface area contributed by atoms with Crippen molar-refractivity contribution in [3.8, 4) is 0 Å². The van der Waals surface area contributed by atoms with E-state index in [0.717, 1.165) is 32.5 Å². The monoisotopic (exact) mass is 447 g/mol. The van der Waals surface area contributed by atoms with Gasteiger partial charge in [-0.3, -0.25) is 18.7 Å². The molecule has 0 spiro atoms. The summed E-state index contributed by atoms with van der Waals surface area (Å²) in [6.45, 7) is 2.73. The summed E-state index contributed by atoms with van der Waals surface area (Å²) < 4.78 is 12.2. The number of nitrogens with zero attached hydrogens (tertiary/aromatic N) is 1. The van der Waals surface area contributed by atoms with Crippen LogP contribution in [-0.2, 0) is 26.9 Å². The van der Waals surface area contributed by atoms with Crippen molar-refractivity contribution in [2.45, 2.75) is 25.4 Å². The molecule has 1 aliphatic rings. The summed E-state index contributed by atoms with van der Waals surface area (Å²) >= 11 is 5.81. The lowest BCUT2D eigenvalue weighted by atomic mass is 10.0. The number of hydrogen-bond acceptors (Lipinski definition) is 4. The van der Waals surface area contributed by atoms with Crippen molar-refractivity contribution in [1.82, 2.24) is 10.2 Å². The molecule has 1 saturated heterocycles. The molecule has 0 saturated carbocycles. The Morgan fingerprint density at radius 1 is 0.967 bits per heavy atom. The van der Waals surface area contributed by atoms with Gasteiger partial charge >= 0.3 is 0 Å². The van der Waals surface area contributed by atoms with Crippen LogP contribution in [0.15, 0.2) is 54.6 Å². The fraction of sp³-hybridized carbons (Fsp3) is 0.364. The minimum Gasteiger partial charge on any atom is -0.352 e. The molecule has 2 aromatic rings. The summed E-state index contributed by atoms with van der Waals surface area (Å²) in [4.78, 5) is 26.6. The van der Waals surface area contributed by atoms with E-state index in [-0.39, 0.29) is 23.5 Å². The van der Waals surface area contributed by atoms with Crippen LogP contribution in [-0.4, -0.2) is 51.6 Å². The van der Waals surface area contributed by atoms with Crippen LogP contribution in [0.5, 0.6) is 0 Å². The molecule has 1 unspecified atom stereocenters. The molecule has 2 N–H and O–H groups in total. The van der Waals surface area contributed by atoms with Gasteiger partial charge in [0.25, 0.3) is 0 Å². The van der Waals surface area contributed by atoms with E-state index in [0.29, 0.717) is 10.7 Å². The zero-order chi connectivity index (χ0) is 21.3. The standard InChI is InChI=1S/C22H26ClN3O3S/c23-18-6-8-19(9-7-18)24-21(27)15-30(29)16-22(28)25-20-10-12-26(13-11-20)14-17-4-2-1-3-5-17/h1-9,20H,10-16H2,(H,24,27)(H,25,28). The molecule has 1 fully saturated rings. The highest BCUT2D eigenvalue weighted by molar-refractivity contribution is 7.86. The Labute approximate surface area is 184 Å². The summed E-state index contributed by atoms with van der Waals surface area (Å²) in [5.41, 5.74) is 1.86. The molecule has 2 aromatic carbocycles. The Morgan fingerprint density at radius 3 is 2.27 bits per heavy atom. The maximum atomic E-state index is 12.2. The van der Waals surface area contributed by atoms with Crippen LogP contribution in [0, 0.1) is 0 Å². The SMILES string of the molecule is O=C(CS(=O)CC(=O)NC1CCN(Cc2ccccc2)CC1)Nc1ccc(Cl)cc1. The minimum absolute atomic E-state index is 0.0874. The highest BCUT2D eigenvalue weighted by atomic mass is 35.5. The first-order valence-electron chi connectivity index (χ1n) is 9.94. The van der Waals surface area contributed by atoms with Gasteiger partial charge in [0.2, 0.25) is 11.8 Å². The third-order valence-electron chi connectivity index (χ3n) is 4.91. The van der Waals surface area contributed by atoms with Crippen molar-refractivity contribution < 1.29 is 13.8 Å². The van der Waals surface area contributed by atoms with E-state index >= 15 is 0 Å². The summed E-state index contributed by atoms with van der Waals surface area (Å²) in [7, 11) is -1.56. The number of carbonyl (C=O) groups excluding carboxylic acids is 2. The normalized spacial score (nSPS) is 16.0. The second-order valence-electron chi connectivity index (χ2n) is 7.39. The third kappa shape index (κ3) is 7.55. The third-order valence-corrected chi connectivity index (χ3v) is 6.33. The van der Waals surface area contributed by atoms with E-state index in [4.69, 9.17) is 11.6 Å². The Balaban J connectivity index is 1.34. The average molecular weight is 448 g/mol. The van der Waals surface area contributed by atoms with E-state index in [1.54, 1.807) is 24.3 Å². The highest BCUT2D eigenvalue weighted by Crippen LogP contribution is 2.14. The fourth-order valence-electron chi connectivity index (χ4n) is 3.42. The molecular formula is C22H26ClN3O3S. The van der Waals surface area contributed by atoms with Crippen LogP contribution >= 0.6 is 11.6 Å². The van der Waals surface area contributed by atoms with Gasteiger partial charge in [0.15, 0.2) is 0 Å². The largest absolute Gasteiger partial charge is 0.352 e. The number of halogens is 1. The Kier molecular flexibility index (Phi) is 8.42. The van der Waals surface area contributed by atoms with Crippen molar-refractivity contribution in [2.75, 3.05) is 29.9 Å². The van der Waals surface area contributed by atoms with Crippen LogP contribution < -0.4 is 10.6 Å². The maximum absolute atomic E-state index is 12.2. The summed E-state index contributed by atoms with van der Waals surface area (Å²) in [6, 6.07) is 17.1. The van der Waals surface area contributed by atoms with Crippen molar-refractivity contribution >= 4 is 39.9 Å². The van der Waals surface area contributed by atoms with Gasteiger partial charge < -0.3 is 10.6 Å². The Morgan fingerprint density at radius 2 is 1.60 bits per heavy atom. The lowest BCUT2D eigenvalue weighted by Crippen LogP contribution is -2.45. The zero-order valence-electron chi connectivity index (χ0n) is 16.7. The van der Waals surface area contributed by atoms with E-state index in [9.17, 15) is 13.8 Å². The molecule has 2 amide bonds. The molecule has 1 atom stereocenters. The van der Waals surface area contributed by atoms with Gasteiger partial charge in [0, 0.05) is 47.2 Å². The first kappa shape index (κ1) is 22.5. The van der Waals surface area contributed by atoms with Gasteiger partial charge in [-0.15, -0.1) is 0 Å². The summed E-state index contributed by atoms with van der Waals surface area (Å²) in [5, 5.41) is 6.18. The van der Waals surface area contributed by atoms with Gasteiger partial charge in [0.1, 0.15) is 11.5 Å². The van der Waals surface area contributed by atoms with Crippen molar-refractivity contribution in [3.05, 3.63) is 65.2 Å². The topological polar surface area (TPSA) is 78.5 Å². The van der Waals surface area contributed by atoms with Crippen LogP contribution in [0.25, 0.3) is 0 Å². The van der Waals surface area contributed by atoms with E-state index < -0.39 is 16.7 Å². The van der Waals surface area contributed by atoms with Crippen LogP contribution in [0.3, 0.4) is 0 Å². The number of benzene rings is 2. The summed E-state index contributed by atoms with van der Waals surface area (Å²) in [6.07, 6.45) is 1.73. The predicted molar refractivity (Wildman–Crippen MR) is 121 cm³/mol. The number of piperidine rings is 1. The molecule has 1 heterocycles. The Bertz CT molecular complexity index is 869. The zero-order valence-corrected chi connectivity index (χ0v) is 18.3. The van der Waals surface area contributed by atoms with Gasteiger partial charge in [0.05, 0.1) is 0 Å². The lowest BCUT2D eigenvalue weighted by Gasteiger charge is -2.32. The quantitative estimate of drug-likeness (QED) is 0.652. The van der Waals surface area contributed by atoms with Crippen molar-refractivity contribution in [1.29, 1.82) is 0 Å². The first-order valence-corrected chi connectivity index (χ1v) is 11.8. The van der Waals surface area contributed by atoms with Gasteiger partial charge in [-0.25, -0.2) is 0 Å². The number of amides is 2. The average Bonchev–Trinajstić information content (AvgIpc) is 2.71. The molecular weight excluding hydrogens is 422 g/mol. The molecule has 0 aliphatic carbocycles. The molecule has 0 bridgehead atoms. The first-order chi connectivity index (χ1) is 14.5. The molecule has 30 heavy (non-hydrogen) atoms. The molecule has 8 heteroatoms. The number of hydrogen-bond donors (Lipinski definition) is 2. The second kappa shape index (κ2) is 11.2. The van der Waals surface area contributed by atoms with Crippen LogP contribution in [0.4, 0.5) is 5.69 Å². The van der Waals surface area contributed by atoms with Crippen molar-refractivity contribution in [3.63, 3.8) is 0 Å². The van der Waals surface area contributed by atoms with E-state index in [2.05, 4.69) is 27.7 Å². The van der Waals surface area contributed by atoms with Gasteiger partial charge in [-0.1, -0.05) is 41.9 Å². The Hall–Kier alpha value is -2.22. The lowest BCUT2D eigenvalue weighted by molar-refractivity contribution is -0.119.